The maximum Gasteiger partial charge on any atom is 0.508 e. The Labute approximate surface area is 95.3 Å². The van der Waals surface area contributed by atoms with Gasteiger partial charge in [0.25, 0.3) is 0 Å². The molecule has 0 aromatic rings. The van der Waals surface area contributed by atoms with Crippen molar-refractivity contribution in [3.63, 3.8) is 0 Å². The lowest BCUT2D eigenvalue weighted by atomic mass is 9.93. The van der Waals surface area contributed by atoms with Crippen molar-refractivity contribution in [1.82, 2.24) is 0 Å². The van der Waals surface area contributed by atoms with Crippen molar-refractivity contribution in [2.75, 3.05) is 0 Å². The molecular weight excluding hydrogens is 207 g/mol. The molecule has 0 fully saturated rings. The Balaban J connectivity index is 3.99. The van der Waals surface area contributed by atoms with E-state index >= 15 is 0 Å². The number of rotatable bonds is 9. The molecule has 0 aliphatic heterocycles. The smallest absolute Gasteiger partial charge is 0.161 e. The van der Waals surface area contributed by atoms with Gasteiger partial charge in [-0.2, -0.15) is 4.89 Å². The molecular formula is C12H26O2P+. The van der Waals surface area contributed by atoms with Crippen LogP contribution >= 0.6 is 8.03 Å². The summed E-state index contributed by atoms with van der Waals surface area (Å²) in [5.41, 5.74) is -0.0246. The Hall–Kier alpha value is 0.0600. The molecule has 0 heterocycles. The van der Waals surface area contributed by atoms with Crippen LogP contribution in [0.5, 0.6) is 0 Å². The third-order valence-electron chi connectivity index (χ3n) is 3.14. The van der Waals surface area contributed by atoms with Crippen LogP contribution in [0.1, 0.15) is 65.7 Å². The fraction of sp³-hybridized carbons (Fsp3) is 1.00. The van der Waals surface area contributed by atoms with Crippen molar-refractivity contribution >= 4 is 8.03 Å². The third kappa shape index (κ3) is 7.03. The normalized spacial score (nSPS) is 16.1. The average molecular weight is 233 g/mol. The highest BCUT2D eigenvalue weighted by atomic mass is 31.1. The van der Waals surface area contributed by atoms with Gasteiger partial charge < -0.3 is 0 Å². The van der Waals surface area contributed by atoms with Crippen LogP contribution in [0.3, 0.4) is 0 Å². The zero-order valence-electron chi connectivity index (χ0n) is 10.4. The fourth-order valence-corrected chi connectivity index (χ4v) is 2.59. The van der Waals surface area contributed by atoms with Crippen molar-refractivity contribution in [2.24, 2.45) is 5.92 Å². The van der Waals surface area contributed by atoms with Crippen LogP contribution < -0.4 is 0 Å². The zero-order chi connectivity index (χ0) is 11.7. The van der Waals surface area contributed by atoms with E-state index in [2.05, 4.69) is 13.8 Å². The lowest BCUT2D eigenvalue weighted by molar-refractivity contribution is 0.384. The topological polar surface area (TPSA) is 37.3 Å². The number of unbranched alkanes of at least 4 members (excludes halogenated alkanes) is 3. The molecule has 0 aliphatic rings. The summed E-state index contributed by atoms with van der Waals surface area (Å²) < 4.78 is 11.1. The van der Waals surface area contributed by atoms with Gasteiger partial charge >= 0.3 is 8.03 Å². The second-order valence-electron chi connectivity index (χ2n) is 4.44. The summed E-state index contributed by atoms with van der Waals surface area (Å²) in [4.78, 5) is 9.16. The van der Waals surface area contributed by atoms with Crippen molar-refractivity contribution in [3.8, 4) is 0 Å². The highest BCUT2D eigenvalue weighted by Crippen LogP contribution is 2.34. The molecule has 1 N–H and O–H groups in total. The van der Waals surface area contributed by atoms with Gasteiger partial charge in [-0.05, 0) is 24.3 Å². The summed E-state index contributed by atoms with van der Waals surface area (Å²) in [6.45, 7) is 6.29. The minimum atomic E-state index is -1.99. The van der Waals surface area contributed by atoms with Crippen molar-refractivity contribution in [1.29, 1.82) is 0 Å². The molecule has 3 heteroatoms. The molecule has 0 bridgehead atoms. The Morgan fingerprint density at radius 1 is 1.07 bits per heavy atom. The van der Waals surface area contributed by atoms with E-state index in [0.29, 0.717) is 5.92 Å². The molecule has 0 aliphatic carbocycles. The van der Waals surface area contributed by atoms with Crippen molar-refractivity contribution in [3.05, 3.63) is 0 Å². The van der Waals surface area contributed by atoms with Crippen LogP contribution in [0.4, 0.5) is 0 Å². The van der Waals surface area contributed by atoms with Crippen molar-refractivity contribution < 1.29 is 9.46 Å². The highest BCUT2D eigenvalue weighted by molar-refractivity contribution is 7.38. The van der Waals surface area contributed by atoms with Crippen LogP contribution in [0.25, 0.3) is 0 Å². The van der Waals surface area contributed by atoms with Gasteiger partial charge in [0.15, 0.2) is 5.66 Å². The van der Waals surface area contributed by atoms with E-state index in [0.717, 1.165) is 12.8 Å². The minimum Gasteiger partial charge on any atom is -0.161 e. The van der Waals surface area contributed by atoms with Crippen LogP contribution in [0.2, 0.25) is 0 Å². The molecule has 0 spiro atoms. The van der Waals surface area contributed by atoms with Gasteiger partial charge in [0.05, 0.1) is 0 Å². The van der Waals surface area contributed by atoms with E-state index in [1.165, 1.54) is 32.1 Å². The summed E-state index contributed by atoms with van der Waals surface area (Å²) in [6, 6.07) is 0. The monoisotopic (exact) mass is 233 g/mol. The van der Waals surface area contributed by atoms with E-state index in [-0.39, 0.29) is 5.66 Å². The van der Waals surface area contributed by atoms with Gasteiger partial charge in [-0.15, -0.1) is 0 Å². The van der Waals surface area contributed by atoms with E-state index in [1.807, 2.05) is 6.92 Å². The summed E-state index contributed by atoms with van der Waals surface area (Å²) in [5, 5.41) is 0. The van der Waals surface area contributed by atoms with E-state index in [9.17, 15) is 4.57 Å². The fourth-order valence-electron chi connectivity index (χ4n) is 1.93. The van der Waals surface area contributed by atoms with E-state index in [4.69, 9.17) is 4.89 Å². The average Bonchev–Trinajstić information content (AvgIpc) is 2.22. The Kier molecular flexibility index (Phi) is 9.33. The number of hydrogen-bond acceptors (Lipinski definition) is 1. The highest BCUT2D eigenvalue weighted by Gasteiger charge is 2.31. The predicted molar refractivity (Wildman–Crippen MR) is 66.4 cm³/mol. The Morgan fingerprint density at radius 3 is 2.07 bits per heavy atom. The molecule has 0 saturated carbocycles. The lowest BCUT2D eigenvalue weighted by Crippen LogP contribution is -2.14. The Bertz CT molecular complexity index is 171. The van der Waals surface area contributed by atoms with E-state index < -0.39 is 8.03 Å². The molecule has 0 aromatic heterocycles. The largest absolute Gasteiger partial charge is 0.508 e. The summed E-state index contributed by atoms with van der Waals surface area (Å²) in [7, 11) is -1.99. The van der Waals surface area contributed by atoms with E-state index in [1.54, 1.807) is 0 Å². The van der Waals surface area contributed by atoms with Crippen LogP contribution in [-0.2, 0) is 4.57 Å². The molecule has 0 amide bonds. The maximum atomic E-state index is 11.1. The first kappa shape index (κ1) is 15.1. The molecule has 15 heavy (non-hydrogen) atoms. The molecule has 90 valence electrons. The van der Waals surface area contributed by atoms with Gasteiger partial charge in [0.2, 0.25) is 0 Å². The Morgan fingerprint density at radius 2 is 1.60 bits per heavy atom. The van der Waals surface area contributed by atoms with Crippen LogP contribution in [0, 0.1) is 5.92 Å². The first-order valence-electron chi connectivity index (χ1n) is 6.28. The second kappa shape index (κ2) is 9.30. The lowest BCUT2D eigenvalue weighted by Gasteiger charge is -2.15. The molecule has 3 atom stereocenters. The van der Waals surface area contributed by atoms with Gasteiger partial charge in [-0.25, -0.2) is 0 Å². The molecule has 0 aromatic carbocycles. The van der Waals surface area contributed by atoms with Gasteiger partial charge in [-0.3, -0.25) is 0 Å². The molecule has 2 nitrogen and oxygen atoms in total. The third-order valence-corrected chi connectivity index (χ3v) is 4.26. The van der Waals surface area contributed by atoms with Gasteiger partial charge in [0.1, 0.15) is 0 Å². The second-order valence-corrected chi connectivity index (χ2v) is 5.86. The molecule has 3 unspecified atom stereocenters. The zero-order valence-corrected chi connectivity index (χ0v) is 11.3. The molecule has 0 saturated heterocycles. The first-order valence-corrected chi connectivity index (χ1v) is 7.56. The number of hydrogen-bond donors (Lipinski definition) is 1. The SMILES string of the molecule is CCCCCC(CCCC)C(C)[P+](=O)O. The van der Waals surface area contributed by atoms with Crippen LogP contribution in [-0.4, -0.2) is 10.6 Å². The minimum absolute atomic E-state index is 0.0246. The summed E-state index contributed by atoms with van der Waals surface area (Å²) >= 11 is 0. The van der Waals surface area contributed by atoms with Gasteiger partial charge in [0, 0.05) is 5.92 Å². The first-order chi connectivity index (χ1) is 7.13. The maximum absolute atomic E-state index is 11.1. The molecule has 0 rings (SSSR count). The van der Waals surface area contributed by atoms with Gasteiger partial charge in [-0.1, -0.05) is 46.0 Å². The standard InChI is InChI=1S/C12H25O2P/c1-4-6-8-10-12(9-7-5-2)11(3)15(13)14/h11-12H,4-10H2,1-3H3/p+1. The predicted octanol–water partition coefficient (Wildman–Crippen LogP) is 4.50. The summed E-state index contributed by atoms with van der Waals surface area (Å²) in [6.07, 6.45) is 8.28. The molecule has 0 radical (unpaired) electrons. The summed E-state index contributed by atoms with van der Waals surface area (Å²) in [5.74, 6) is 0.449. The van der Waals surface area contributed by atoms with Crippen molar-refractivity contribution in [2.45, 2.75) is 71.4 Å². The quantitative estimate of drug-likeness (QED) is 0.470. The van der Waals surface area contributed by atoms with Crippen LogP contribution in [0.15, 0.2) is 0 Å².